The molecule has 2 nitrogen and oxygen atoms in total. The van der Waals surface area contributed by atoms with Crippen LogP contribution in [0.4, 0.5) is 8.78 Å². The van der Waals surface area contributed by atoms with Gasteiger partial charge in [-0.2, -0.15) is 4.39 Å². The van der Waals surface area contributed by atoms with Crippen LogP contribution in [0.1, 0.15) is 19.7 Å². The summed E-state index contributed by atoms with van der Waals surface area (Å²) in [4.78, 5) is 7.32. The maximum absolute atomic E-state index is 12.2. The van der Waals surface area contributed by atoms with E-state index in [0.717, 1.165) is 0 Å². The van der Waals surface area contributed by atoms with Crippen molar-refractivity contribution in [3.05, 3.63) is 24.0 Å². The summed E-state index contributed by atoms with van der Waals surface area (Å²) >= 11 is 0. The van der Waals surface area contributed by atoms with Crippen LogP contribution in [0.5, 0.6) is 0 Å². The number of hydrogen-bond donors (Lipinski definition) is 0. The molecule has 0 radical (unpaired) electrons. The smallest absolute Gasteiger partial charge is 0.216 e. The van der Waals surface area contributed by atoms with Crippen molar-refractivity contribution in [2.24, 2.45) is 0 Å². The van der Waals surface area contributed by atoms with E-state index in [4.69, 9.17) is 0 Å². The lowest BCUT2D eigenvalue weighted by Gasteiger charge is -1.90. The standard InChI is InChI=1S/C6H7FN2.C2H5F/c1-2-6-8-4-3-5(7)9-6;1-2-3/h3-4H,2H2,1H3;2H2,1H3. The number of rotatable bonds is 1. The van der Waals surface area contributed by atoms with Gasteiger partial charge in [-0.05, 0) is 6.92 Å². The van der Waals surface area contributed by atoms with E-state index in [0.29, 0.717) is 12.2 Å². The molecule has 0 aliphatic heterocycles. The highest BCUT2D eigenvalue weighted by atomic mass is 19.1. The van der Waals surface area contributed by atoms with Crippen molar-refractivity contribution < 1.29 is 8.78 Å². The third kappa shape index (κ3) is 4.71. The molecular weight excluding hydrogens is 162 g/mol. The van der Waals surface area contributed by atoms with E-state index in [-0.39, 0.29) is 6.67 Å². The number of hydrogen-bond acceptors (Lipinski definition) is 2. The fourth-order valence-electron chi connectivity index (χ4n) is 0.545. The molecule has 0 saturated heterocycles. The minimum atomic E-state index is -0.457. The van der Waals surface area contributed by atoms with Crippen LogP contribution in [0.2, 0.25) is 0 Å². The van der Waals surface area contributed by atoms with Gasteiger partial charge in [-0.3, -0.25) is 4.39 Å². The Labute approximate surface area is 70.7 Å². The first-order valence-electron chi connectivity index (χ1n) is 3.78. The van der Waals surface area contributed by atoms with Crippen molar-refractivity contribution in [3.63, 3.8) is 0 Å². The van der Waals surface area contributed by atoms with Gasteiger partial charge in [0.25, 0.3) is 0 Å². The lowest BCUT2D eigenvalue weighted by atomic mass is 10.4. The van der Waals surface area contributed by atoms with Gasteiger partial charge in [0.15, 0.2) is 0 Å². The molecule has 0 bridgehead atoms. The summed E-state index contributed by atoms with van der Waals surface area (Å²) in [5, 5.41) is 0. The predicted molar refractivity (Wildman–Crippen MR) is 43.0 cm³/mol. The highest BCUT2D eigenvalue weighted by Gasteiger charge is 1.92. The minimum Gasteiger partial charge on any atom is -0.251 e. The molecule has 12 heavy (non-hydrogen) atoms. The molecule has 1 aromatic rings. The number of alkyl halides is 1. The average Bonchev–Trinajstić information content (AvgIpc) is 2.06. The molecule has 1 aromatic heterocycles. The van der Waals surface area contributed by atoms with Crippen LogP contribution >= 0.6 is 0 Å². The SMILES string of the molecule is CCF.CCc1nccc(F)n1. The topological polar surface area (TPSA) is 25.8 Å². The zero-order valence-corrected chi connectivity index (χ0v) is 7.22. The molecule has 0 spiro atoms. The highest BCUT2D eigenvalue weighted by Crippen LogP contribution is 1.92. The number of aromatic nitrogens is 2. The second-order valence-electron chi connectivity index (χ2n) is 1.92. The van der Waals surface area contributed by atoms with E-state index in [1.54, 1.807) is 0 Å². The maximum Gasteiger partial charge on any atom is 0.216 e. The fourth-order valence-corrected chi connectivity index (χ4v) is 0.545. The van der Waals surface area contributed by atoms with E-state index in [9.17, 15) is 8.78 Å². The monoisotopic (exact) mass is 174 g/mol. The van der Waals surface area contributed by atoms with Crippen molar-refractivity contribution in [1.82, 2.24) is 9.97 Å². The maximum atomic E-state index is 12.2. The molecule has 0 saturated carbocycles. The Morgan fingerprint density at radius 1 is 1.42 bits per heavy atom. The summed E-state index contributed by atoms with van der Waals surface area (Å²) in [5.41, 5.74) is 0. The molecule has 0 aliphatic carbocycles. The van der Waals surface area contributed by atoms with Crippen LogP contribution in [-0.2, 0) is 6.42 Å². The Bertz CT molecular complexity index is 216. The molecule has 0 amide bonds. The van der Waals surface area contributed by atoms with Gasteiger partial charge in [0.1, 0.15) is 5.82 Å². The summed E-state index contributed by atoms with van der Waals surface area (Å²) < 4.78 is 22.5. The Kier molecular flexibility index (Phi) is 6.05. The van der Waals surface area contributed by atoms with Crippen molar-refractivity contribution in [1.29, 1.82) is 0 Å². The molecule has 0 unspecified atom stereocenters. The molecule has 1 heterocycles. The van der Waals surface area contributed by atoms with Crippen LogP contribution < -0.4 is 0 Å². The van der Waals surface area contributed by atoms with E-state index in [1.165, 1.54) is 19.2 Å². The summed E-state index contributed by atoms with van der Waals surface area (Å²) in [6, 6.07) is 1.24. The lowest BCUT2D eigenvalue weighted by Crippen LogP contribution is -1.93. The minimum absolute atomic E-state index is 0.250. The first-order valence-corrected chi connectivity index (χ1v) is 3.78. The van der Waals surface area contributed by atoms with Gasteiger partial charge in [0, 0.05) is 18.7 Å². The first kappa shape index (κ1) is 10.9. The van der Waals surface area contributed by atoms with Gasteiger partial charge >= 0.3 is 0 Å². The van der Waals surface area contributed by atoms with Crippen LogP contribution in [0.3, 0.4) is 0 Å². The van der Waals surface area contributed by atoms with Crippen molar-refractivity contribution in [3.8, 4) is 0 Å². The van der Waals surface area contributed by atoms with E-state index < -0.39 is 5.95 Å². The van der Waals surface area contributed by atoms with Gasteiger partial charge < -0.3 is 0 Å². The molecule has 0 fully saturated rings. The average molecular weight is 174 g/mol. The van der Waals surface area contributed by atoms with Gasteiger partial charge in [-0.1, -0.05) is 6.92 Å². The highest BCUT2D eigenvalue weighted by molar-refractivity contribution is 4.89. The number of halogens is 2. The summed E-state index contributed by atoms with van der Waals surface area (Å²) in [6.45, 7) is 3.09. The molecule has 0 aromatic carbocycles. The van der Waals surface area contributed by atoms with E-state index >= 15 is 0 Å². The normalized spacial score (nSPS) is 8.67. The van der Waals surface area contributed by atoms with Crippen molar-refractivity contribution in [2.75, 3.05) is 6.67 Å². The number of nitrogens with zero attached hydrogens (tertiary/aromatic N) is 2. The quantitative estimate of drug-likeness (QED) is 0.609. The summed E-state index contributed by atoms with van der Waals surface area (Å²) in [7, 11) is 0. The van der Waals surface area contributed by atoms with Gasteiger partial charge in [-0.15, -0.1) is 0 Å². The fraction of sp³-hybridized carbons (Fsp3) is 0.500. The van der Waals surface area contributed by atoms with E-state index in [2.05, 4.69) is 9.97 Å². The second-order valence-corrected chi connectivity index (χ2v) is 1.92. The van der Waals surface area contributed by atoms with Crippen molar-refractivity contribution in [2.45, 2.75) is 20.3 Å². The van der Waals surface area contributed by atoms with Gasteiger partial charge in [-0.25, -0.2) is 9.97 Å². The second kappa shape index (κ2) is 6.64. The summed E-state index contributed by atoms with van der Waals surface area (Å²) in [5.74, 6) is 0.0943. The summed E-state index contributed by atoms with van der Waals surface area (Å²) in [6.07, 6.45) is 2.10. The van der Waals surface area contributed by atoms with E-state index in [1.807, 2.05) is 6.92 Å². The van der Waals surface area contributed by atoms with Crippen LogP contribution in [0.15, 0.2) is 12.3 Å². The molecule has 68 valence electrons. The molecular formula is C8H12F2N2. The van der Waals surface area contributed by atoms with Crippen LogP contribution in [-0.4, -0.2) is 16.6 Å². The van der Waals surface area contributed by atoms with Gasteiger partial charge in [0.05, 0.1) is 6.67 Å². The largest absolute Gasteiger partial charge is 0.251 e. The molecule has 0 N–H and O–H groups in total. The Hall–Kier alpha value is -1.06. The van der Waals surface area contributed by atoms with Crippen LogP contribution in [0, 0.1) is 5.95 Å². The third-order valence-electron chi connectivity index (χ3n) is 0.988. The molecule has 0 atom stereocenters. The van der Waals surface area contributed by atoms with Crippen LogP contribution in [0.25, 0.3) is 0 Å². The third-order valence-corrected chi connectivity index (χ3v) is 0.988. The van der Waals surface area contributed by atoms with Crippen molar-refractivity contribution >= 4 is 0 Å². The molecule has 1 rings (SSSR count). The number of aryl methyl sites for hydroxylation is 1. The van der Waals surface area contributed by atoms with Gasteiger partial charge in [0.2, 0.25) is 5.95 Å². The first-order chi connectivity index (χ1) is 5.74. The zero-order chi connectivity index (χ0) is 9.40. The Morgan fingerprint density at radius 3 is 2.33 bits per heavy atom. The zero-order valence-electron chi connectivity index (χ0n) is 7.22. The lowest BCUT2D eigenvalue weighted by molar-refractivity contribution is 0.527. The Balaban J connectivity index is 0.000000354. The molecule has 0 aliphatic rings. The predicted octanol–water partition coefficient (Wildman–Crippen LogP) is 2.15. The molecule has 4 heteroatoms. The Morgan fingerprint density at radius 2 is 2.00 bits per heavy atom.